The molecule has 35 heavy (non-hydrogen) atoms. The first-order chi connectivity index (χ1) is 16.8. The van der Waals surface area contributed by atoms with Crippen LogP contribution in [0.1, 0.15) is 30.2 Å². The molecule has 2 heterocycles. The van der Waals surface area contributed by atoms with Crippen LogP contribution in [-0.4, -0.2) is 26.0 Å². The van der Waals surface area contributed by atoms with E-state index in [4.69, 9.17) is 4.74 Å². The highest BCUT2D eigenvalue weighted by Crippen LogP contribution is 2.36. The molecule has 1 unspecified atom stereocenters. The number of benzene rings is 2. The molecule has 0 aliphatic carbocycles. The van der Waals surface area contributed by atoms with Gasteiger partial charge in [0, 0.05) is 30.4 Å². The number of carbonyl (C=O) groups is 1. The van der Waals surface area contributed by atoms with Gasteiger partial charge < -0.3 is 15.2 Å². The van der Waals surface area contributed by atoms with Crippen molar-refractivity contribution in [2.45, 2.75) is 25.3 Å². The smallest absolute Gasteiger partial charge is 0.322 e. The van der Waals surface area contributed by atoms with Gasteiger partial charge in [0.1, 0.15) is 23.2 Å². The zero-order valence-corrected chi connectivity index (χ0v) is 18.8. The lowest BCUT2D eigenvalue weighted by Crippen LogP contribution is -2.29. The Balaban J connectivity index is 1.54. The van der Waals surface area contributed by atoms with E-state index in [9.17, 15) is 18.7 Å². The Morgan fingerprint density at radius 1 is 1.00 bits per heavy atom. The largest absolute Gasteiger partial charge is 0.481 e. The average molecular weight is 476 g/mol. The zero-order chi connectivity index (χ0) is 24.8. The van der Waals surface area contributed by atoms with Crippen molar-refractivity contribution < 1.29 is 23.4 Å². The fraction of sp³-hybridized carbons (Fsp3) is 0.154. The van der Waals surface area contributed by atoms with Crippen LogP contribution >= 0.6 is 0 Å². The number of carboxylic acid groups (broad SMARTS) is 1. The van der Waals surface area contributed by atoms with Crippen molar-refractivity contribution in [1.82, 2.24) is 15.0 Å². The van der Waals surface area contributed by atoms with Crippen LogP contribution in [0.3, 0.4) is 0 Å². The molecule has 0 fully saturated rings. The van der Waals surface area contributed by atoms with E-state index < -0.39 is 29.4 Å². The van der Waals surface area contributed by atoms with E-state index in [2.05, 4.69) is 20.3 Å². The zero-order valence-electron chi connectivity index (χ0n) is 18.8. The number of aliphatic carboxylic acids is 1. The van der Waals surface area contributed by atoms with E-state index in [0.29, 0.717) is 12.3 Å². The van der Waals surface area contributed by atoms with E-state index in [1.54, 1.807) is 25.3 Å². The number of halogens is 2. The van der Waals surface area contributed by atoms with Crippen molar-refractivity contribution in [2.75, 3.05) is 5.32 Å². The Morgan fingerprint density at radius 2 is 1.74 bits per heavy atom. The number of nitrogens with zero attached hydrogens (tertiary/aromatic N) is 3. The van der Waals surface area contributed by atoms with Crippen LogP contribution in [0.2, 0.25) is 0 Å². The van der Waals surface area contributed by atoms with E-state index in [1.807, 2.05) is 30.3 Å². The van der Waals surface area contributed by atoms with E-state index >= 15 is 0 Å². The molecule has 1 atom stereocenters. The molecule has 7 nitrogen and oxygen atoms in total. The van der Waals surface area contributed by atoms with Crippen LogP contribution in [0.25, 0.3) is 0 Å². The van der Waals surface area contributed by atoms with Gasteiger partial charge in [-0.15, -0.1) is 0 Å². The lowest BCUT2D eigenvalue weighted by Gasteiger charge is -2.28. The van der Waals surface area contributed by atoms with Crippen LogP contribution in [0.5, 0.6) is 11.8 Å². The number of hydrogen-bond acceptors (Lipinski definition) is 6. The average Bonchev–Trinajstić information content (AvgIpc) is 2.83. The van der Waals surface area contributed by atoms with Gasteiger partial charge in [-0.2, -0.15) is 4.98 Å². The predicted molar refractivity (Wildman–Crippen MR) is 125 cm³/mol. The standard InChI is InChI=1S/C26H22F2N4O3/c1-26(15-24(33)34,18-12-19(27)14-20(28)13-18)22-9-11-30-25(32-22)35-21-7-5-17(6-8-21)16-31-23-4-2-3-10-29-23/h2-14H,15-16H2,1H3,(H,29,31)(H,33,34). The molecule has 4 aromatic rings. The number of anilines is 1. The summed E-state index contributed by atoms with van der Waals surface area (Å²) in [6.07, 6.45) is 2.68. The minimum Gasteiger partial charge on any atom is -0.481 e. The van der Waals surface area contributed by atoms with E-state index in [1.165, 1.54) is 12.3 Å². The number of ether oxygens (including phenoxy) is 1. The van der Waals surface area contributed by atoms with Crippen molar-refractivity contribution in [3.63, 3.8) is 0 Å². The number of aromatic nitrogens is 3. The molecule has 2 N–H and O–H groups in total. The van der Waals surface area contributed by atoms with Crippen LogP contribution in [0, 0.1) is 11.6 Å². The lowest BCUT2D eigenvalue weighted by atomic mass is 9.76. The third-order valence-electron chi connectivity index (χ3n) is 5.47. The maximum absolute atomic E-state index is 13.9. The molecule has 9 heteroatoms. The van der Waals surface area contributed by atoms with Gasteiger partial charge in [0.25, 0.3) is 0 Å². The van der Waals surface area contributed by atoms with Crippen molar-refractivity contribution in [2.24, 2.45) is 0 Å². The fourth-order valence-corrected chi connectivity index (χ4v) is 3.65. The first-order valence-electron chi connectivity index (χ1n) is 10.8. The van der Waals surface area contributed by atoms with E-state index in [-0.39, 0.29) is 17.3 Å². The van der Waals surface area contributed by atoms with Gasteiger partial charge in [-0.25, -0.2) is 18.7 Å². The number of hydrogen-bond donors (Lipinski definition) is 2. The summed E-state index contributed by atoms with van der Waals surface area (Å²) in [5.41, 5.74) is 0.0781. The summed E-state index contributed by atoms with van der Waals surface area (Å²) in [7, 11) is 0. The fourth-order valence-electron chi connectivity index (χ4n) is 3.65. The normalized spacial score (nSPS) is 12.5. The highest BCUT2D eigenvalue weighted by molar-refractivity contribution is 5.70. The summed E-state index contributed by atoms with van der Waals surface area (Å²) >= 11 is 0. The maximum Gasteiger partial charge on any atom is 0.322 e. The first-order valence-corrected chi connectivity index (χ1v) is 10.8. The van der Waals surface area contributed by atoms with Crippen LogP contribution < -0.4 is 10.1 Å². The Kier molecular flexibility index (Phi) is 6.96. The molecule has 2 aromatic heterocycles. The topological polar surface area (TPSA) is 97.2 Å². The summed E-state index contributed by atoms with van der Waals surface area (Å²) in [5.74, 6) is -1.52. The van der Waals surface area contributed by atoms with Crippen LogP contribution in [0.4, 0.5) is 14.6 Å². The molecule has 4 rings (SSSR count). The third kappa shape index (κ3) is 5.94. The minimum absolute atomic E-state index is 0.0182. The van der Waals surface area contributed by atoms with Crippen molar-refractivity contribution in [3.8, 4) is 11.8 Å². The highest BCUT2D eigenvalue weighted by atomic mass is 19.1. The molecule has 2 aromatic carbocycles. The second-order valence-electron chi connectivity index (χ2n) is 8.10. The Labute approximate surface area is 200 Å². The summed E-state index contributed by atoms with van der Waals surface area (Å²) < 4.78 is 33.6. The number of rotatable bonds is 9. The van der Waals surface area contributed by atoms with Gasteiger partial charge in [0.2, 0.25) is 0 Å². The van der Waals surface area contributed by atoms with Gasteiger partial charge in [0.15, 0.2) is 0 Å². The van der Waals surface area contributed by atoms with Gasteiger partial charge in [0.05, 0.1) is 12.1 Å². The number of carboxylic acids is 1. The molecule has 0 radical (unpaired) electrons. The quantitative estimate of drug-likeness (QED) is 0.337. The second kappa shape index (κ2) is 10.3. The van der Waals surface area contributed by atoms with Gasteiger partial charge >= 0.3 is 12.0 Å². The van der Waals surface area contributed by atoms with Crippen LogP contribution in [0.15, 0.2) is 79.1 Å². The van der Waals surface area contributed by atoms with Gasteiger partial charge in [-0.3, -0.25) is 4.79 Å². The predicted octanol–water partition coefficient (Wildman–Crippen LogP) is 5.33. The summed E-state index contributed by atoms with van der Waals surface area (Å²) in [6, 6.07) is 17.3. The maximum atomic E-state index is 13.9. The van der Waals surface area contributed by atoms with E-state index in [0.717, 1.165) is 29.6 Å². The van der Waals surface area contributed by atoms with Gasteiger partial charge in [-0.05, 0) is 60.5 Å². The minimum atomic E-state index is -1.32. The van der Waals surface area contributed by atoms with Crippen molar-refractivity contribution >= 4 is 11.8 Å². The second-order valence-corrected chi connectivity index (χ2v) is 8.10. The molecule has 178 valence electrons. The molecule has 0 saturated heterocycles. The molecule has 0 spiro atoms. The molecular formula is C26H22F2N4O3. The molecule has 0 bridgehead atoms. The summed E-state index contributed by atoms with van der Waals surface area (Å²) in [6.45, 7) is 2.13. The van der Waals surface area contributed by atoms with Crippen molar-refractivity contribution in [1.29, 1.82) is 0 Å². The first kappa shape index (κ1) is 23.7. The molecule has 0 aliphatic heterocycles. The highest BCUT2D eigenvalue weighted by Gasteiger charge is 2.34. The van der Waals surface area contributed by atoms with Gasteiger partial charge in [-0.1, -0.05) is 18.2 Å². The molecule has 0 aliphatic rings. The molecule has 0 saturated carbocycles. The van der Waals surface area contributed by atoms with Crippen LogP contribution in [-0.2, 0) is 16.8 Å². The monoisotopic (exact) mass is 476 g/mol. The third-order valence-corrected chi connectivity index (χ3v) is 5.47. The lowest BCUT2D eigenvalue weighted by molar-refractivity contribution is -0.138. The molecule has 0 amide bonds. The number of pyridine rings is 1. The summed E-state index contributed by atoms with van der Waals surface area (Å²) in [5, 5.41) is 12.7. The number of nitrogens with one attached hydrogen (secondary N) is 1. The Hall–Kier alpha value is -4.40. The Bertz CT molecular complexity index is 1300. The summed E-state index contributed by atoms with van der Waals surface area (Å²) in [4.78, 5) is 24.3. The molecular weight excluding hydrogens is 454 g/mol. The SMILES string of the molecule is CC(CC(=O)O)(c1cc(F)cc(F)c1)c1ccnc(Oc2ccc(CNc3ccccn3)cc2)n1. The Morgan fingerprint density at radius 3 is 2.40 bits per heavy atom. The van der Waals surface area contributed by atoms with Crippen molar-refractivity contribution in [3.05, 3.63) is 108 Å².